The molecule has 92 valence electrons. The van der Waals surface area contributed by atoms with Crippen LogP contribution in [-0.2, 0) is 14.3 Å². The highest BCUT2D eigenvalue weighted by atomic mass is 16.5. The molecule has 4 heteroatoms. The number of ether oxygens (including phenoxy) is 1. The van der Waals surface area contributed by atoms with E-state index in [-0.39, 0.29) is 11.9 Å². The molecule has 0 heterocycles. The molecule has 0 fully saturated rings. The Balaban J connectivity index is 0.000000557. The van der Waals surface area contributed by atoms with Gasteiger partial charge in [-0.3, -0.25) is 9.59 Å². The smallest absolute Gasteiger partial charge is 0.317 e. The van der Waals surface area contributed by atoms with E-state index in [2.05, 4.69) is 11.3 Å². The van der Waals surface area contributed by atoms with Crippen LogP contribution in [0, 0.1) is 0 Å². The van der Waals surface area contributed by atoms with E-state index in [1.165, 1.54) is 0 Å². The van der Waals surface area contributed by atoms with Gasteiger partial charge in [0.25, 0.3) is 5.97 Å². The van der Waals surface area contributed by atoms with Crippen LogP contribution in [0.5, 0.6) is 0 Å². The molecule has 1 aromatic rings. The van der Waals surface area contributed by atoms with Crippen LogP contribution in [0.4, 0.5) is 0 Å². The summed E-state index contributed by atoms with van der Waals surface area (Å²) in [6.45, 7) is 6.22. The summed E-state index contributed by atoms with van der Waals surface area (Å²) < 4.78 is 4.68. The van der Waals surface area contributed by atoms with Gasteiger partial charge in [-0.15, -0.1) is 0 Å². The van der Waals surface area contributed by atoms with E-state index in [0.29, 0.717) is 0 Å². The molecule has 0 saturated carbocycles. The molecule has 0 unspecified atom stereocenters. The van der Waals surface area contributed by atoms with Crippen molar-refractivity contribution in [3.05, 3.63) is 48.7 Å². The molecule has 0 aliphatic carbocycles. The molecule has 1 rings (SSSR count). The van der Waals surface area contributed by atoms with E-state index in [9.17, 15) is 4.79 Å². The van der Waals surface area contributed by atoms with Gasteiger partial charge in [0.2, 0.25) is 0 Å². The molecule has 0 saturated heterocycles. The second kappa shape index (κ2) is 8.10. The largest absolute Gasteiger partial charge is 0.481 e. The predicted octanol–water partition coefficient (Wildman–Crippen LogP) is 2.57. The van der Waals surface area contributed by atoms with Gasteiger partial charge in [0.15, 0.2) is 0 Å². The number of carboxylic acid groups (broad SMARTS) is 1. The average molecular weight is 236 g/mol. The van der Waals surface area contributed by atoms with Gasteiger partial charge in [0.1, 0.15) is 0 Å². The van der Waals surface area contributed by atoms with E-state index in [4.69, 9.17) is 9.90 Å². The number of hydrogen-bond acceptors (Lipinski definition) is 3. The Morgan fingerprint density at radius 1 is 1.35 bits per heavy atom. The predicted molar refractivity (Wildman–Crippen MR) is 64.5 cm³/mol. The first-order chi connectivity index (χ1) is 7.99. The molecule has 0 spiro atoms. The first-order valence-electron chi connectivity index (χ1n) is 5.05. The molecule has 1 atom stereocenters. The summed E-state index contributed by atoms with van der Waals surface area (Å²) in [5.41, 5.74) is 0.953. The number of benzene rings is 1. The molecule has 0 aromatic heterocycles. The Bertz CT molecular complexity index is 366. The van der Waals surface area contributed by atoms with Gasteiger partial charge in [-0.25, -0.2) is 0 Å². The maximum Gasteiger partial charge on any atom is 0.317 e. The topological polar surface area (TPSA) is 63.6 Å². The highest BCUT2D eigenvalue weighted by Crippen LogP contribution is 2.15. The summed E-state index contributed by atoms with van der Waals surface area (Å²) in [4.78, 5) is 20.3. The number of aliphatic carboxylic acids is 1. The van der Waals surface area contributed by atoms with Crippen molar-refractivity contribution in [1.82, 2.24) is 0 Å². The maximum atomic E-state index is 11.3. The molecular formula is C13H16O4. The molecule has 0 radical (unpaired) electrons. The fourth-order valence-corrected chi connectivity index (χ4v) is 1.06. The Labute approximate surface area is 101 Å². The molecule has 17 heavy (non-hydrogen) atoms. The fraction of sp³-hybridized carbons (Fsp3) is 0.231. The molecule has 1 N–H and O–H groups in total. The van der Waals surface area contributed by atoms with Gasteiger partial charge >= 0.3 is 5.97 Å². The van der Waals surface area contributed by atoms with Crippen LogP contribution in [0.3, 0.4) is 0 Å². The number of hydrogen-bond donors (Lipinski definition) is 1. The van der Waals surface area contributed by atoms with Crippen molar-refractivity contribution in [2.45, 2.75) is 19.8 Å². The van der Waals surface area contributed by atoms with Crippen LogP contribution in [0.2, 0.25) is 0 Å². The number of carboxylic acids is 1. The lowest BCUT2D eigenvalue weighted by atomic mass is 10.0. The molecule has 1 aromatic carbocycles. The van der Waals surface area contributed by atoms with Crippen molar-refractivity contribution in [2.24, 2.45) is 0 Å². The van der Waals surface area contributed by atoms with Gasteiger partial charge < -0.3 is 9.84 Å². The van der Waals surface area contributed by atoms with Crippen molar-refractivity contribution in [3.63, 3.8) is 0 Å². The van der Waals surface area contributed by atoms with Crippen LogP contribution in [-0.4, -0.2) is 17.0 Å². The van der Waals surface area contributed by atoms with Crippen LogP contribution < -0.4 is 0 Å². The van der Waals surface area contributed by atoms with Crippen LogP contribution in [0.1, 0.15) is 25.3 Å². The summed E-state index contributed by atoms with van der Waals surface area (Å²) in [5.74, 6) is -1.35. The molecular weight excluding hydrogens is 220 g/mol. The standard InChI is InChI=1S/C11H12O2.C2H4O2/c1-3-13-11(12)9(2)10-7-5-4-6-8-10;1-2(3)4/h3-9H,1H2,2H3;1H3,(H,3,4)/t9-;/m0./s1. The van der Waals surface area contributed by atoms with Gasteiger partial charge in [-0.2, -0.15) is 0 Å². The van der Waals surface area contributed by atoms with E-state index < -0.39 is 5.97 Å². The summed E-state index contributed by atoms with van der Waals surface area (Å²) in [5, 5.41) is 7.42. The molecule has 0 amide bonds. The summed E-state index contributed by atoms with van der Waals surface area (Å²) in [6.07, 6.45) is 1.15. The first-order valence-corrected chi connectivity index (χ1v) is 5.05. The van der Waals surface area contributed by atoms with Gasteiger partial charge in [0, 0.05) is 6.92 Å². The van der Waals surface area contributed by atoms with E-state index >= 15 is 0 Å². The zero-order valence-corrected chi connectivity index (χ0v) is 9.92. The van der Waals surface area contributed by atoms with Crippen LogP contribution in [0.25, 0.3) is 0 Å². The van der Waals surface area contributed by atoms with E-state index in [0.717, 1.165) is 18.7 Å². The summed E-state index contributed by atoms with van der Waals surface area (Å²) >= 11 is 0. The Hall–Kier alpha value is -2.10. The molecule has 4 nitrogen and oxygen atoms in total. The maximum absolute atomic E-state index is 11.3. The lowest BCUT2D eigenvalue weighted by Crippen LogP contribution is -2.09. The van der Waals surface area contributed by atoms with Crippen molar-refractivity contribution in [1.29, 1.82) is 0 Å². The third kappa shape index (κ3) is 6.89. The van der Waals surface area contributed by atoms with Crippen molar-refractivity contribution >= 4 is 11.9 Å². The zero-order valence-electron chi connectivity index (χ0n) is 9.92. The minimum absolute atomic E-state index is 0.237. The summed E-state index contributed by atoms with van der Waals surface area (Å²) in [6, 6.07) is 9.50. The minimum atomic E-state index is -0.833. The van der Waals surface area contributed by atoms with E-state index in [1.807, 2.05) is 30.3 Å². The number of esters is 1. The van der Waals surface area contributed by atoms with Crippen molar-refractivity contribution < 1.29 is 19.4 Å². The lowest BCUT2D eigenvalue weighted by Gasteiger charge is -2.08. The SMILES string of the molecule is C=COC(=O)[C@@H](C)c1ccccc1.CC(=O)O. The monoisotopic (exact) mass is 236 g/mol. The summed E-state index contributed by atoms with van der Waals surface area (Å²) in [7, 11) is 0. The number of carbonyl (C=O) groups is 2. The third-order valence-electron chi connectivity index (χ3n) is 1.85. The molecule has 0 aliphatic heterocycles. The zero-order chi connectivity index (χ0) is 13.3. The van der Waals surface area contributed by atoms with Crippen LogP contribution in [0.15, 0.2) is 43.2 Å². The van der Waals surface area contributed by atoms with Crippen molar-refractivity contribution in [3.8, 4) is 0 Å². The van der Waals surface area contributed by atoms with E-state index in [1.54, 1.807) is 6.92 Å². The lowest BCUT2D eigenvalue weighted by molar-refractivity contribution is -0.139. The quantitative estimate of drug-likeness (QED) is 0.647. The second-order valence-corrected chi connectivity index (χ2v) is 3.25. The first kappa shape index (κ1) is 14.9. The second-order valence-electron chi connectivity index (χ2n) is 3.25. The van der Waals surface area contributed by atoms with Crippen molar-refractivity contribution in [2.75, 3.05) is 0 Å². The number of carbonyl (C=O) groups excluding carboxylic acids is 1. The van der Waals surface area contributed by atoms with Gasteiger partial charge in [0.05, 0.1) is 12.2 Å². The fourth-order valence-electron chi connectivity index (χ4n) is 1.06. The highest BCUT2D eigenvalue weighted by molar-refractivity contribution is 5.78. The Kier molecular flexibility index (Phi) is 7.10. The van der Waals surface area contributed by atoms with Crippen LogP contribution >= 0.6 is 0 Å². The Morgan fingerprint density at radius 2 is 1.82 bits per heavy atom. The molecule has 0 bridgehead atoms. The average Bonchev–Trinajstić information content (AvgIpc) is 2.29. The van der Waals surface area contributed by atoms with Gasteiger partial charge in [-0.05, 0) is 12.5 Å². The number of rotatable bonds is 3. The Morgan fingerprint density at radius 3 is 2.24 bits per heavy atom. The normalized spacial score (nSPS) is 10.5. The van der Waals surface area contributed by atoms with Gasteiger partial charge in [-0.1, -0.05) is 36.9 Å². The molecule has 0 aliphatic rings. The minimum Gasteiger partial charge on any atom is -0.481 e. The third-order valence-corrected chi connectivity index (χ3v) is 1.85. The highest BCUT2D eigenvalue weighted by Gasteiger charge is 2.14.